The fourth-order valence-electron chi connectivity index (χ4n) is 4.72. The Bertz CT molecular complexity index is 626. The van der Waals surface area contributed by atoms with Crippen LogP contribution in [0.2, 0.25) is 0 Å². The molecule has 3 heteroatoms. The first-order valence-electron chi connectivity index (χ1n) is 8.09. The Morgan fingerprint density at radius 3 is 2.59 bits per heavy atom. The topological polar surface area (TPSA) is 44.1 Å². The van der Waals surface area contributed by atoms with Crippen LogP contribution in [-0.4, -0.2) is 23.4 Å². The van der Waals surface area contributed by atoms with Crippen molar-refractivity contribution in [3.05, 3.63) is 35.4 Å². The number of fused-ring (bicyclic) bond motifs is 2. The summed E-state index contributed by atoms with van der Waals surface area (Å²) in [6, 6.07) is 10.0. The van der Waals surface area contributed by atoms with Crippen LogP contribution in [0.4, 0.5) is 0 Å². The third-order valence-corrected chi connectivity index (χ3v) is 5.16. The molecule has 22 heavy (non-hydrogen) atoms. The molecule has 2 atom stereocenters. The predicted molar refractivity (Wildman–Crippen MR) is 86.3 cm³/mol. The number of benzene rings is 1. The van der Waals surface area contributed by atoms with Gasteiger partial charge in [0.05, 0.1) is 12.5 Å². The summed E-state index contributed by atoms with van der Waals surface area (Å²) in [5.41, 5.74) is 2.30. The van der Waals surface area contributed by atoms with Crippen LogP contribution in [0.3, 0.4) is 0 Å². The second kappa shape index (κ2) is 5.12. The fourth-order valence-corrected chi connectivity index (χ4v) is 4.72. The van der Waals surface area contributed by atoms with E-state index in [2.05, 4.69) is 31.7 Å². The molecule has 1 aromatic carbocycles. The zero-order valence-electron chi connectivity index (χ0n) is 13.7. The number of carbonyl (C=O) groups is 1. The quantitative estimate of drug-likeness (QED) is 0.833. The molecule has 2 fully saturated rings. The van der Waals surface area contributed by atoms with Crippen LogP contribution in [0.1, 0.15) is 56.0 Å². The Morgan fingerprint density at radius 1 is 1.27 bits per heavy atom. The monoisotopic (exact) mass is 296 g/mol. The lowest BCUT2D eigenvalue weighted by atomic mass is 9.65. The number of nitriles is 1. The van der Waals surface area contributed by atoms with Gasteiger partial charge in [-0.05, 0) is 47.8 Å². The van der Waals surface area contributed by atoms with Crippen LogP contribution in [0.5, 0.6) is 0 Å². The van der Waals surface area contributed by atoms with Crippen LogP contribution >= 0.6 is 0 Å². The molecule has 0 N–H and O–H groups in total. The highest BCUT2D eigenvalue weighted by Gasteiger charge is 2.50. The molecule has 1 aromatic rings. The van der Waals surface area contributed by atoms with E-state index in [1.165, 1.54) is 6.42 Å². The molecule has 0 aromatic heterocycles. The van der Waals surface area contributed by atoms with Crippen molar-refractivity contribution < 1.29 is 4.79 Å². The third kappa shape index (κ3) is 2.75. The maximum absolute atomic E-state index is 12.9. The molecule has 1 amide bonds. The lowest BCUT2D eigenvalue weighted by Crippen LogP contribution is -2.37. The zero-order chi connectivity index (χ0) is 16.0. The van der Waals surface area contributed by atoms with Gasteiger partial charge in [-0.1, -0.05) is 32.9 Å². The van der Waals surface area contributed by atoms with Crippen molar-refractivity contribution in [3.63, 3.8) is 0 Å². The molecule has 3 nitrogen and oxygen atoms in total. The lowest BCUT2D eigenvalue weighted by molar-refractivity contribution is 0.0708. The molecule has 3 rings (SSSR count). The lowest BCUT2D eigenvalue weighted by Gasteiger charge is -2.39. The minimum absolute atomic E-state index is 0.148. The van der Waals surface area contributed by atoms with E-state index in [4.69, 9.17) is 5.26 Å². The number of rotatable bonds is 2. The largest absolute Gasteiger partial charge is 0.335 e. The first kappa shape index (κ1) is 15.1. The Morgan fingerprint density at radius 2 is 1.95 bits per heavy atom. The van der Waals surface area contributed by atoms with E-state index in [1.54, 1.807) is 0 Å². The minimum atomic E-state index is 0.148. The molecule has 0 spiro atoms. The Kier molecular flexibility index (Phi) is 3.51. The summed E-state index contributed by atoms with van der Waals surface area (Å²) in [5.74, 6) is 0.148. The summed E-state index contributed by atoms with van der Waals surface area (Å²) in [5, 5.41) is 8.73. The van der Waals surface area contributed by atoms with Gasteiger partial charge in [-0.3, -0.25) is 4.79 Å². The molecule has 1 heterocycles. The van der Waals surface area contributed by atoms with E-state index in [-0.39, 0.29) is 11.3 Å². The standard InChI is InChI=1S/C19H24N2O/c1-18(2)10-16-11-19(3,12-18)13-21(16)17(22)15-6-4-14(5-7-15)8-9-20/h4-7,16H,8,10-13H2,1-3H3. The minimum Gasteiger partial charge on any atom is -0.335 e. The molecule has 1 aliphatic carbocycles. The van der Waals surface area contributed by atoms with Crippen molar-refractivity contribution in [2.24, 2.45) is 10.8 Å². The Hall–Kier alpha value is -1.82. The Labute approximate surface area is 132 Å². The van der Waals surface area contributed by atoms with Gasteiger partial charge in [-0.25, -0.2) is 0 Å². The molecule has 1 aliphatic heterocycles. The van der Waals surface area contributed by atoms with Gasteiger partial charge in [0.25, 0.3) is 5.91 Å². The highest BCUT2D eigenvalue weighted by molar-refractivity contribution is 5.94. The first-order valence-corrected chi connectivity index (χ1v) is 8.09. The first-order chi connectivity index (χ1) is 10.3. The number of hydrogen-bond donors (Lipinski definition) is 0. The van der Waals surface area contributed by atoms with Gasteiger partial charge >= 0.3 is 0 Å². The summed E-state index contributed by atoms with van der Waals surface area (Å²) in [6.07, 6.45) is 3.82. The van der Waals surface area contributed by atoms with E-state index >= 15 is 0 Å². The number of carbonyl (C=O) groups excluding carboxylic acids is 1. The normalized spacial score (nSPS) is 29.2. The molecule has 0 radical (unpaired) electrons. The van der Waals surface area contributed by atoms with Crippen molar-refractivity contribution >= 4 is 5.91 Å². The third-order valence-electron chi connectivity index (χ3n) is 5.16. The van der Waals surface area contributed by atoms with E-state index in [1.807, 2.05) is 24.3 Å². The van der Waals surface area contributed by atoms with Gasteiger partial charge in [-0.15, -0.1) is 0 Å². The van der Waals surface area contributed by atoms with Gasteiger partial charge in [0, 0.05) is 18.2 Å². The average Bonchev–Trinajstić information content (AvgIpc) is 2.68. The molecule has 116 valence electrons. The SMILES string of the molecule is CC1(C)CC2CC(C)(CN2C(=O)c2ccc(CC#N)cc2)C1. The van der Waals surface area contributed by atoms with Crippen LogP contribution in [0.25, 0.3) is 0 Å². The van der Waals surface area contributed by atoms with E-state index < -0.39 is 0 Å². The van der Waals surface area contributed by atoms with Gasteiger partial charge in [0.15, 0.2) is 0 Å². The fraction of sp³-hybridized carbons (Fsp3) is 0.579. The van der Waals surface area contributed by atoms with Gasteiger partial charge in [-0.2, -0.15) is 5.26 Å². The van der Waals surface area contributed by atoms with Crippen molar-refractivity contribution in [1.82, 2.24) is 4.90 Å². The molecule has 1 saturated carbocycles. The van der Waals surface area contributed by atoms with Crippen molar-refractivity contribution in [3.8, 4) is 6.07 Å². The van der Waals surface area contributed by atoms with Crippen LogP contribution in [0, 0.1) is 22.2 Å². The summed E-state index contributed by atoms with van der Waals surface area (Å²) in [6.45, 7) is 7.84. The van der Waals surface area contributed by atoms with Gasteiger partial charge < -0.3 is 4.90 Å². The second-order valence-electron chi connectivity index (χ2n) is 8.18. The zero-order valence-corrected chi connectivity index (χ0v) is 13.7. The number of amides is 1. The number of nitrogens with zero attached hydrogens (tertiary/aromatic N) is 2. The highest BCUT2D eigenvalue weighted by Crippen LogP contribution is 2.52. The predicted octanol–water partition coefficient (Wildman–Crippen LogP) is 3.79. The van der Waals surface area contributed by atoms with Gasteiger partial charge in [0.2, 0.25) is 0 Å². The molecule has 2 unspecified atom stereocenters. The van der Waals surface area contributed by atoms with Crippen molar-refractivity contribution in [2.45, 2.75) is 52.5 Å². The number of hydrogen-bond acceptors (Lipinski definition) is 2. The van der Waals surface area contributed by atoms with E-state index in [9.17, 15) is 4.79 Å². The second-order valence-corrected chi connectivity index (χ2v) is 8.18. The maximum Gasteiger partial charge on any atom is 0.254 e. The number of likely N-dealkylation sites (tertiary alicyclic amines) is 1. The maximum atomic E-state index is 12.9. The molecular weight excluding hydrogens is 272 g/mol. The summed E-state index contributed by atoms with van der Waals surface area (Å²) < 4.78 is 0. The summed E-state index contributed by atoms with van der Waals surface area (Å²) in [4.78, 5) is 15.0. The summed E-state index contributed by atoms with van der Waals surface area (Å²) >= 11 is 0. The average molecular weight is 296 g/mol. The van der Waals surface area contributed by atoms with E-state index in [0.717, 1.165) is 30.5 Å². The van der Waals surface area contributed by atoms with Crippen LogP contribution < -0.4 is 0 Å². The molecule has 2 aliphatic rings. The van der Waals surface area contributed by atoms with E-state index in [0.29, 0.717) is 17.9 Å². The van der Waals surface area contributed by atoms with Crippen LogP contribution in [-0.2, 0) is 6.42 Å². The molecular formula is C19H24N2O. The summed E-state index contributed by atoms with van der Waals surface area (Å²) in [7, 11) is 0. The van der Waals surface area contributed by atoms with Crippen molar-refractivity contribution in [2.75, 3.05) is 6.54 Å². The van der Waals surface area contributed by atoms with Crippen molar-refractivity contribution in [1.29, 1.82) is 5.26 Å². The highest BCUT2D eigenvalue weighted by atomic mass is 16.2. The smallest absolute Gasteiger partial charge is 0.254 e. The van der Waals surface area contributed by atoms with Gasteiger partial charge in [0.1, 0.15) is 0 Å². The van der Waals surface area contributed by atoms with Crippen LogP contribution in [0.15, 0.2) is 24.3 Å². The molecule has 2 bridgehead atoms. The Balaban J connectivity index is 1.80. The molecule has 1 saturated heterocycles.